The molecular formula is C11H7Cl2F2NO2S2. The zero-order valence-electron chi connectivity index (χ0n) is 9.66. The molecule has 0 unspecified atom stereocenters. The molecule has 1 aromatic carbocycles. The van der Waals surface area contributed by atoms with Gasteiger partial charge in [0.05, 0.1) is 4.34 Å². The van der Waals surface area contributed by atoms with Gasteiger partial charge < -0.3 is 0 Å². The Bertz CT molecular complexity index is 747. The third-order valence-corrected chi connectivity index (χ3v) is 5.52. The lowest BCUT2D eigenvalue weighted by molar-refractivity contribution is 0.506. The van der Waals surface area contributed by atoms with E-state index in [1.54, 1.807) is 0 Å². The van der Waals surface area contributed by atoms with Crippen LogP contribution < -0.4 is 4.72 Å². The fourth-order valence-electron chi connectivity index (χ4n) is 1.41. The maximum absolute atomic E-state index is 13.0. The van der Waals surface area contributed by atoms with Crippen molar-refractivity contribution < 1.29 is 17.2 Å². The molecule has 0 spiro atoms. The summed E-state index contributed by atoms with van der Waals surface area (Å²) in [5.74, 6) is -2.04. The normalized spacial score (nSPS) is 11.8. The fraction of sp³-hybridized carbons (Fsp3) is 0.0909. The second kappa shape index (κ2) is 5.95. The molecule has 0 fully saturated rings. The Labute approximate surface area is 128 Å². The van der Waals surface area contributed by atoms with E-state index in [9.17, 15) is 17.2 Å². The van der Waals surface area contributed by atoms with E-state index in [1.807, 2.05) is 0 Å². The molecule has 3 nitrogen and oxygen atoms in total. The Morgan fingerprint density at radius 3 is 2.40 bits per heavy atom. The van der Waals surface area contributed by atoms with Crippen molar-refractivity contribution in [2.75, 3.05) is 0 Å². The molecule has 0 atom stereocenters. The topological polar surface area (TPSA) is 46.2 Å². The van der Waals surface area contributed by atoms with Crippen molar-refractivity contribution in [3.8, 4) is 0 Å². The minimum Gasteiger partial charge on any atom is -0.207 e. The van der Waals surface area contributed by atoms with Crippen LogP contribution in [0.3, 0.4) is 0 Å². The van der Waals surface area contributed by atoms with E-state index in [1.165, 1.54) is 12.1 Å². The summed E-state index contributed by atoms with van der Waals surface area (Å²) in [6.07, 6.45) is 0. The average molecular weight is 358 g/mol. The zero-order valence-corrected chi connectivity index (χ0v) is 12.8. The van der Waals surface area contributed by atoms with Gasteiger partial charge in [-0.1, -0.05) is 29.3 Å². The lowest BCUT2D eigenvalue weighted by atomic mass is 10.2. The summed E-state index contributed by atoms with van der Waals surface area (Å²) >= 11 is 12.4. The number of hydrogen-bond donors (Lipinski definition) is 1. The minimum absolute atomic E-state index is 0.0350. The predicted octanol–water partition coefficient (Wildman–Crippen LogP) is 3.81. The number of hydrogen-bond acceptors (Lipinski definition) is 3. The first kappa shape index (κ1) is 15.7. The van der Waals surface area contributed by atoms with Crippen molar-refractivity contribution in [1.29, 1.82) is 0 Å². The molecule has 108 valence electrons. The van der Waals surface area contributed by atoms with Crippen molar-refractivity contribution in [3.05, 3.63) is 50.1 Å². The minimum atomic E-state index is -3.86. The third kappa shape index (κ3) is 3.48. The van der Waals surface area contributed by atoms with Crippen molar-refractivity contribution in [2.24, 2.45) is 0 Å². The van der Waals surface area contributed by atoms with Crippen LogP contribution in [-0.2, 0) is 16.6 Å². The van der Waals surface area contributed by atoms with Crippen LogP contribution in [-0.4, -0.2) is 8.42 Å². The van der Waals surface area contributed by atoms with Crippen LogP contribution in [0.2, 0.25) is 8.67 Å². The summed E-state index contributed by atoms with van der Waals surface area (Å²) in [6.45, 7) is -0.191. The van der Waals surface area contributed by atoms with E-state index in [-0.39, 0.29) is 25.7 Å². The van der Waals surface area contributed by atoms with Crippen LogP contribution in [0.4, 0.5) is 8.78 Å². The molecule has 20 heavy (non-hydrogen) atoms. The highest BCUT2D eigenvalue weighted by Gasteiger charge is 2.20. The van der Waals surface area contributed by atoms with E-state index >= 15 is 0 Å². The highest BCUT2D eigenvalue weighted by Crippen LogP contribution is 2.34. The van der Waals surface area contributed by atoms with E-state index in [4.69, 9.17) is 23.2 Å². The van der Waals surface area contributed by atoms with Crippen molar-refractivity contribution in [2.45, 2.75) is 11.4 Å². The second-order valence-corrected chi connectivity index (χ2v) is 7.78. The molecule has 0 radical (unpaired) electrons. The largest absolute Gasteiger partial charge is 0.243 e. The lowest BCUT2D eigenvalue weighted by Crippen LogP contribution is -2.23. The van der Waals surface area contributed by atoms with Crippen LogP contribution in [0.1, 0.15) is 5.56 Å². The standard InChI is InChI=1S/C11H7Cl2F2NO2S2/c12-10-4-9(11(13)19-10)20(17,18)16-5-6-1-2-7(14)8(15)3-6/h1-4,16H,5H2. The van der Waals surface area contributed by atoms with Crippen LogP contribution in [0, 0.1) is 11.6 Å². The van der Waals surface area contributed by atoms with Gasteiger partial charge in [0.15, 0.2) is 11.6 Å². The first-order valence-electron chi connectivity index (χ1n) is 5.18. The Hall–Kier alpha value is -0.730. The van der Waals surface area contributed by atoms with Crippen molar-refractivity contribution in [1.82, 2.24) is 4.72 Å². The molecule has 9 heteroatoms. The van der Waals surface area contributed by atoms with Crippen LogP contribution in [0.25, 0.3) is 0 Å². The van der Waals surface area contributed by atoms with Gasteiger partial charge in [0.25, 0.3) is 0 Å². The quantitative estimate of drug-likeness (QED) is 0.904. The molecule has 0 saturated carbocycles. The Morgan fingerprint density at radius 1 is 1.15 bits per heavy atom. The molecule has 1 heterocycles. The first-order valence-corrected chi connectivity index (χ1v) is 8.23. The highest BCUT2D eigenvalue weighted by molar-refractivity contribution is 7.89. The third-order valence-electron chi connectivity index (χ3n) is 2.37. The maximum Gasteiger partial charge on any atom is 0.243 e. The molecule has 2 aromatic rings. The highest BCUT2D eigenvalue weighted by atomic mass is 35.5. The van der Waals surface area contributed by atoms with Crippen LogP contribution in [0.5, 0.6) is 0 Å². The lowest BCUT2D eigenvalue weighted by Gasteiger charge is -2.06. The Kier molecular flexibility index (Phi) is 4.66. The summed E-state index contributed by atoms with van der Waals surface area (Å²) in [5, 5.41) is 0. The second-order valence-electron chi connectivity index (χ2n) is 3.76. The SMILES string of the molecule is O=S(=O)(NCc1ccc(F)c(F)c1)c1cc(Cl)sc1Cl. The zero-order chi connectivity index (χ0) is 14.9. The Balaban J connectivity index is 2.17. The van der Waals surface area contributed by atoms with Gasteiger partial charge in [-0.2, -0.15) is 0 Å². The van der Waals surface area contributed by atoms with Gasteiger partial charge >= 0.3 is 0 Å². The van der Waals surface area contributed by atoms with Gasteiger partial charge in [0.2, 0.25) is 10.0 Å². The summed E-state index contributed by atoms with van der Waals surface area (Å²) in [6, 6.07) is 4.35. The van der Waals surface area contributed by atoms with Gasteiger partial charge in [-0.05, 0) is 23.8 Å². The van der Waals surface area contributed by atoms with Gasteiger partial charge in [0.1, 0.15) is 9.23 Å². The summed E-state index contributed by atoms with van der Waals surface area (Å²) in [4.78, 5) is -0.142. The Morgan fingerprint density at radius 2 is 1.85 bits per heavy atom. The monoisotopic (exact) mass is 357 g/mol. The van der Waals surface area contributed by atoms with E-state index in [0.717, 1.165) is 23.5 Å². The molecule has 0 aliphatic heterocycles. The van der Waals surface area contributed by atoms with E-state index in [0.29, 0.717) is 0 Å². The van der Waals surface area contributed by atoms with Gasteiger partial charge in [0, 0.05) is 6.54 Å². The molecule has 0 aliphatic rings. The molecule has 0 bridgehead atoms. The number of sulfonamides is 1. The number of thiophene rings is 1. The first-order chi connectivity index (χ1) is 9.29. The molecule has 0 aliphatic carbocycles. The maximum atomic E-state index is 13.0. The number of rotatable bonds is 4. The van der Waals surface area contributed by atoms with Gasteiger partial charge in [-0.25, -0.2) is 21.9 Å². The molecule has 2 rings (SSSR count). The van der Waals surface area contributed by atoms with Crippen molar-refractivity contribution >= 4 is 44.6 Å². The predicted molar refractivity (Wildman–Crippen MR) is 74.7 cm³/mol. The van der Waals surface area contributed by atoms with Crippen LogP contribution >= 0.6 is 34.5 Å². The number of nitrogens with one attached hydrogen (secondary N) is 1. The van der Waals surface area contributed by atoms with Crippen LogP contribution in [0.15, 0.2) is 29.2 Å². The molecule has 1 aromatic heterocycles. The number of halogens is 4. The fourth-order valence-corrected chi connectivity index (χ4v) is 4.58. The van der Waals surface area contributed by atoms with E-state index in [2.05, 4.69) is 4.72 Å². The van der Waals surface area contributed by atoms with Gasteiger partial charge in [-0.3, -0.25) is 0 Å². The summed E-state index contributed by atoms with van der Waals surface area (Å²) in [7, 11) is -3.86. The summed E-state index contributed by atoms with van der Waals surface area (Å²) < 4.78 is 52.2. The van der Waals surface area contributed by atoms with Crippen molar-refractivity contribution in [3.63, 3.8) is 0 Å². The molecule has 1 N–H and O–H groups in total. The molecular weight excluding hydrogens is 351 g/mol. The molecule has 0 amide bonds. The average Bonchev–Trinajstić information content (AvgIpc) is 2.71. The van der Waals surface area contributed by atoms with E-state index < -0.39 is 21.7 Å². The summed E-state index contributed by atoms with van der Waals surface area (Å²) in [5.41, 5.74) is 0.282. The van der Waals surface area contributed by atoms with Gasteiger partial charge in [-0.15, -0.1) is 11.3 Å². The molecule has 0 saturated heterocycles. The smallest absolute Gasteiger partial charge is 0.207 e. The number of benzene rings is 1.